The smallest absolute Gasteiger partial charge is 0.410 e. The van der Waals surface area contributed by atoms with Gasteiger partial charge in [0.05, 0.1) is 12.1 Å². The number of nitrogens with zero attached hydrogens (tertiary/aromatic N) is 2. The lowest BCUT2D eigenvalue weighted by Crippen LogP contribution is -2.60. The summed E-state index contributed by atoms with van der Waals surface area (Å²) >= 11 is 0. The van der Waals surface area contributed by atoms with E-state index in [-0.39, 0.29) is 24.2 Å². The molecule has 1 amide bonds. The molecule has 4 rings (SSSR count). The summed E-state index contributed by atoms with van der Waals surface area (Å²) in [5.41, 5.74) is 2.97. The molecule has 4 atom stereocenters. The van der Waals surface area contributed by atoms with Crippen molar-refractivity contribution in [1.82, 2.24) is 9.80 Å². The second-order valence-electron chi connectivity index (χ2n) is 12.1. The maximum Gasteiger partial charge on any atom is 0.410 e. The van der Waals surface area contributed by atoms with Crippen molar-refractivity contribution in [2.75, 3.05) is 0 Å². The molecule has 0 aliphatic carbocycles. The Kier molecular flexibility index (Phi) is 10.4. The van der Waals surface area contributed by atoms with Crippen LogP contribution in [-0.4, -0.2) is 50.8 Å². The molecule has 3 aromatic rings. The summed E-state index contributed by atoms with van der Waals surface area (Å²) in [5.74, 6) is 0. The third-order valence-electron chi connectivity index (χ3n) is 7.87. The summed E-state index contributed by atoms with van der Waals surface area (Å²) in [6.07, 6.45) is 3.11. The molecule has 1 aliphatic heterocycles. The Morgan fingerprint density at radius 1 is 0.875 bits per heavy atom. The predicted octanol–water partition coefficient (Wildman–Crippen LogP) is 7.23. The Morgan fingerprint density at radius 3 is 1.85 bits per heavy atom. The molecular formula is C35H46N2O3. The molecule has 1 heterocycles. The fourth-order valence-corrected chi connectivity index (χ4v) is 5.95. The average molecular weight is 543 g/mol. The highest BCUT2D eigenvalue weighted by Gasteiger charge is 2.43. The van der Waals surface area contributed by atoms with Crippen LogP contribution < -0.4 is 0 Å². The minimum atomic E-state index is -0.755. The number of piperidine rings is 1. The minimum absolute atomic E-state index is 0.0531. The van der Waals surface area contributed by atoms with Crippen LogP contribution in [0.4, 0.5) is 4.79 Å². The second kappa shape index (κ2) is 14.0. The Labute approximate surface area is 240 Å². The van der Waals surface area contributed by atoms with Crippen LogP contribution in [0.5, 0.6) is 0 Å². The number of rotatable bonds is 10. The first-order valence-corrected chi connectivity index (χ1v) is 14.8. The maximum atomic E-state index is 13.6. The van der Waals surface area contributed by atoms with Crippen LogP contribution in [0.25, 0.3) is 0 Å². The number of carbonyl (C=O) groups excluding carboxylic acids is 1. The Hall–Kier alpha value is -3.15. The minimum Gasteiger partial charge on any atom is -0.444 e. The summed E-state index contributed by atoms with van der Waals surface area (Å²) in [4.78, 5) is 17.9. The molecule has 3 aromatic carbocycles. The predicted molar refractivity (Wildman–Crippen MR) is 162 cm³/mol. The molecule has 1 saturated heterocycles. The van der Waals surface area contributed by atoms with Crippen LogP contribution in [0, 0.1) is 0 Å². The van der Waals surface area contributed by atoms with Gasteiger partial charge in [-0.05, 0) is 69.6 Å². The molecular weight excluding hydrogens is 496 g/mol. The molecule has 5 nitrogen and oxygen atoms in total. The van der Waals surface area contributed by atoms with Crippen LogP contribution in [0.15, 0.2) is 91.0 Å². The van der Waals surface area contributed by atoms with Gasteiger partial charge in [0, 0.05) is 25.2 Å². The van der Waals surface area contributed by atoms with E-state index in [1.807, 2.05) is 43.9 Å². The lowest BCUT2D eigenvalue weighted by atomic mass is 9.86. The van der Waals surface area contributed by atoms with E-state index in [1.54, 1.807) is 0 Å². The number of amides is 1. The van der Waals surface area contributed by atoms with Crippen molar-refractivity contribution >= 4 is 6.09 Å². The number of hydrogen-bond acceptors (Lipinski definition) is 4. The fraction of sp³-hybridized carbons (Fsp3) is 0.457. The van der Waals surface area contributed by atoms with Gasteiger partial charge in [0.1, 0.15) is 5.60 Å². The fourth-order valence-electron chi connectivity index (χ4n) is 5.95. The molecule has 1 fully saturated rings. The van der Waals surface area contributed by atoms with Gasteiger partial charge in [0.25, 0.3) is 0 Å². The van der Waals surface area contributed by atoms with Crippen molar-refractivity contribution in [3.05, 3.63) is 108 Å². The molecule has 5 heteroatoms. The number of carbonyl (C=O) groups is 1. The molecule has 40 heavy (non-hydrogen) atoms. The van der Waals surface area contributed by atoms with Gasteiger partial charge in [-0.1, -0.05) is 97.9 Å². The molecule has 0 spiro atoms. The van der Waals surface area contributed by atoms with E-state index in [1.165, 1.54) is 16.7 Å². The zero-order valence-corrected chi connectivity index (χ0v) is 24.6. The molecule has 214 valence electrons. The van der Waals surface area contributed by atoms with Gasteiger partial charge in [0.15, 0.2) is 0 Å². The Balaban J connectivity index is 1.73. The zero-order valence-electron chi connectivity index (χ0n) is 24.6. The highest BCUT2D eigenvalue weighted by Crippen LogP contribution is 2.32. The third kappa shape index (κ3) is 8.18. The highest BCUT2D eigenvalue weighted by atomic mass is 16.6. The van der Waals surface area contributed by atoms with Gasteiger partial charge >= 0.3 is 6.09 Å². The quantitative estimate of drug-likeness (QED) is 0.294. The zero-order chi connectivity index (χ0) is 28.5. The SMILES string of the molecule is CCC1CCCC(C(O)C(Cc2ccccc2)N(Cc2ccccc2)Cc2ccccc2)N1C(=O)OC(C)(C)C. The summed E-state index contributed by atoms with van der Waals surface area (Å²) < 4.78 is 5.90. The first-order valence-electron chi connectivity index (χ1n) is 14.8. The molecule has 0 saturated carbocycles. The van der Waals surface area contributed by atoms with Crippen molar-refractivity contribution in [3.63, 3.8) is 0 Å². The molecule has 4 unspecified atom stereocenters. The standard InChI is InChI=1S/C35H46N2O3/c1-5-30-22-15-23-31(37(30)34(39)40-35(2,3)4)33(38)32(24-27-16-9-6-10-17-27)36(25-28-18-11-7-12-19-28)26-29-20-13-8-14-21-29/h6-14,16-21,30-33,38H,5,15,22-26H2,1-4H3. The lowest BCUT2D eigenvalue weighted by molar-refractivity contribution is -0.0616. The van der Waals surface area contributed by atoms with E-state index in [0.717, 1.165) is 25.7 Å². The number of benzene rings is 3. The molecule has 0 aromatic heterocycles. The van der Waals surface area contributed by atoms with Crippen LogP contribution in [-0.2, 0) is 24.2 Å². The van der Waals surface area contributed by atoms with Crippen molar-refractivity contribution in [3.8, 4) is 0 Å². The largest absolute Gasteiger partial charge is 0.444 e. The third-order valence-corrected chi connectivity index (χ3v) is 7.87. The van der Waals surface area contributed by atoms with Gasteiger partial charge in [0.2, 0.25) is 0 Å². The summed E-state index contributed by atoms with van der Waals surface area (Å²) in [6, 6.07) is 30.8. The Bertz CT molecular complexity index is 1120. The van der Waals surface area contributed by atoms with Gasteiger partial charge in [-0.25, -0.2) is 4.79 Å². The molecule has 0 bridgehead atoms. The number of hydrogen-bond donors (Lipinski definition) is 1. The van der Waals surface area contributed by atoms with Crippen molar-refractivity contribution in [1.29, 1.82) is 0 Å². The maximum absolute atomic E-state index is 13.6. The second-order valence-corrected chi connectivity index (χ2v) is 12.1. The molecule has 1 N–H and O–H groups in total. The monoisotopic (exact) mass is 542 g/mol. The van der Waals surface area contributed by atoms with E-state index in [2.05, 4.69) is 84.6 Å². The van der Waals surface area contributed by atoms with E-state index < -0.39 is 11.7 Å². The molecule has 1 aliphatic rings. The van der Waals surface area contributed by atoms with E-state index in [9.17, 15) is 9.90 Å². The number of aliphatic hydroxyl groups is 1. The summed E-state index contributed by atoms with van der Waals surface area (Å²) in [6.45, 7) is 9.22. The first kappa shape index (κ1) is 29.8. The van der Waals surface area contributed by atoms with Gasteiger partial charge < -0.3 is 9.84 Å². The highest BCUT2D eigenvalue weighted by molar-refractivity contribution is 5.69. The summed E-state index contributed by atoms with van der Waals surface area (Å²) in [7, 11) is 0. The lowest BCUT2D eigenvalue weighted by Gasteiger charge is -2.47. The Morgan fingerprint density at radius 2 is 1.38 bits per heavy atom. The van der Waals surface area contributed by atoms with Crippen molar-refractivity contribution < 1.29 is 14.6 Å². The topological polar surface area (TPSA) is 53.0 Å². The van der Waals surface area contributed by atoms with Crippen molar-refractivity contribution in [2.45, 2.75) is 103 Å². The van der Waals surface area contributed by atoms with Crippen LogP contribution in [0.3, 0.4) is 0 Å². The van der Waals surface area contributed by atoms with Crippen LogP contribution in [0.1, 0.15) is 70.1 Å². The van der Waals surface area contributed by atoms with Gasteiger partial charge in [-0.15, -0.1) is 0 Å². The van der Waals surface area contributed by atoms with Crippen LogP contribution >= 0.6 is 0 Å². The molecule has 0 radical (unpaired) electrons. The first-order chi connectivity index (χ1) is 19.2. The average Bonchev–Trinajstić information content (AvgIpc) is 2.95. The van der Waals surface area contributed by atoms with Crippen LogP contribution in [0.2, 0.25) is 0 Å². The van der Waals surface area contributed by atoms with Gasteiger partial charge in [-0.2, -0.15) is 0 Å². The van der Waals surface area contributed by atoms with E-state index in [4.69, 9.17) is 4.74 Å². The number of ether oxygens (including phenoxy) is 1. The van der Waals surface area contributed by atoms with E-state index >= 15 is 0 Å². The number of likely N-dealkylation sites (tertiary alicyclic amines) is 1. The summed E-state index contributed by atoms with van der Waals surface area (Å²) in [5, 5.41) is 12.4. The number of aliphatic hydroxyl groups excluding tert-OH is 1. The van der Waals surface area contributed by atoms with Crippen molar-refractivity contribution in [2.24, 2.45) is 0 Å². The van der Waals surface area contributed by atoms with E-state index in [0.29, 0.717) is 19.5 Å². The normalized spacial score (nSPS) is 19.3. The van der Waals surface area contributed by atoms with Gasteiger partial charge in [-0.3, -0.25) is 9.80 Å².